The molecule has 1 atom stereocenters. The second kappa shape index (κ2) is 7.14. The highest BCUT2D eigenvalue weighted by molar-refractivity contribution is 5.73. The van der Waals surface area contributed by atoms with Gasteiger partial charge in [0.2, 0.25) is 0 Å². The van der Waals surface area contributed by atoms with Crippen LogP contribution in [-0.4, -0.2) is 24.2 Å². The molecule has 4 nitrogen and oxygen atoms in total. The number of benzene rings is 1. The molecule has 2 amide bonds. The lowest BCUT2D eigenvalue weighted by atomic mass is 9.96. The van der Waals surface area contributed by atoms with E-state index in [1.165, 1.54) is 0 Å². The Labute approximate surface area is 115 Å². The summed E-state index contributed by atoms with van der Waals surface area (Å²) in [6.07, 6.45) is 0.947. The first-order valence-electron chi connectivity index (χ1n) is 6.71. The molecule has 0 spiro atoms. The SMILES string of the molecule is CC(C)CCNC(=O)NCC(C)(O)c1ccccc1. The first-order valence-corrected chi connectivity index (χ1v) is 6.71. The van der Waals surface area contributed by atoms with Crippen LogP contribution in [-0.2, 0) is 5.60 Å². The first-order chi connectivity index (χ1) is 8.92. The predicted molar refractivity (Wildman–Crippen MR) is 76.9 cm³/mol. The van der Waals surface area contributed by atoms with Crippen LogP contribution in [0.2, 0.25) is 0 Å². The van der Waals surface area contributed by atoms with Gasteiger partial charge in [-0.2, -0.15) is 0 Å². The van der Waals surface area contributed by atoms with Gasteiger partial charge >= 0.3 is 6.03 Å². The Balaban J connectivity index is 2.37. The van der Waals surface area contributed by atoms with Crippen molar-refractivity contribution in [1.82, 2.24) is 10.6 Å². The standard InChI is InChI=1S/C15H24N2O2/c1-12(2)9-10-16-14(18)17-11-15(3,19)13-7-5-4-6-8-13/h4-8,12,19H,9-11H2,1-3H3,(H2,16,17,18). The molecule has 0 bridgehead atoms. The molecule has 0 heterocycles. The summed E-state index contributed by atoms with van der Waals surface area (Å²) in [5.41, 5.74) is -0.270. The monoisotopic (exact) mass is 264 g/mol. The average Bonchev–Trinajstić information content (AvgIpc) is 2.37. The van der Waals surface area contributed by atoms with E-state index >= 15 is 0 Å². The maximum Gasteiger partial charge on any atom is 0.314 e. The van der Waals surface area contributed by atoms with E-state index in [4.69, 9.17) is 0 Å². The number of hydrogen-bond donors (Lipinski definition) is 3. The molecule has 106 valence electrons. The number of hydrogen-bond acceptors (Lipinski definition) is 2. The zero-order chi connectivity index (χ0) is 14.3. The van der Waals surface area contributed by atoms with Gasteiger partial charge in [0.15, 0.2) is 0 Å². The molecule has 19 heavy (non-hydrogen) atoms. The summed E-state index contributed by atoms with van der Waals surface area (Å²) in [6.45, 7) is 6.75. The molecule has 1 aromatic carbocycles. The van der Waals surface area contributed by atoms with Gasteiger partial charge < -0.3 is 15.7 Å². The Morgan fingerprint density at radius 1 is 1.26 bits per heavy atom. The lowest BCUT2D eigenvalue weighted by molar-refractivity contribution is 0.0594. The molecule has 0 radical (unpaired) electrons. The van der Waals surface area contributed by atoms with Gasteiger partial charge in [0.1, 0.15) is 5.60 Å². The first kappa shape index (κ1) is 15.5. The van der Waals surface area contributed by atoms with Crippen LogP contribution in [0, 0.1) is 5.92 Å². The van der Waals surface area contributed by atoms with E-state index in [1.54, 1.807) is 6.92 Å². The molecule has 4 heteroatoms. The Bertz CT molecular complexity index is 388. The molecule has 0 saturated carbocycles. The van der Waals surface area contributed by atoms with E-state index in [-0.39, 0.29) is 12.6 Å². The zero-order valence-electron chi connectivity index (χ0n) is 11.9. The fraction of sp³-hybridized carbons (Fsp3) is 0.533. The third-order valence-electron chi connectivity index (χ3n) is 3.00. The fourth-order valence-electron chi connectivity index (χ4n) is 1.69. The summed E-state index contributed by atoms with van der Waals surface area (Å²) in [4.78, 5) is 11.6. The van der Waals surface area contributed by atoms with Crippen LogP contribution in [0.4, 0.5) is 4.79 Å². The number of aliphatic hydroxyl groups is 1. The third kappa shape index (κ3) is 5.75. The topological polar surface area (TPSA) is 61.4 Å². The lowest BCUT2D eigenvalue weighted by Gasteiger charge is -2.24. The number of nitrogens with one attached hydrogen (secondary N) is 2. The van der Waals surface area contributed by atoms with Crippen LogP contribution in [0.5, 0.6) is 0 Å². The van der Waals surface area contributed by atoms with E-state index in [0.717, 1.165) is 12.0 Å². The fourth-order valence-corrected chi connectivity index (χ4v) is 1.69. The minimum atomic E-state index is -1.06. The van der Waals surface area contributed by atoms with E-state index in [0.29, 0.717) is 12.5 Å². The molecular formula is C15H24N2O2. The van der Waals surface area contributed by atoms with Gasteiger partial charge in [0.25, 0.3) is 0 Å². The highest BCUT2D eigenvalue weighted by Crippen LogP contribution is 2.18. The van der Waals surface area contributed by atoms with Crippen molar-refractivity contribution >= 4 is 6.03 Å². The van der Waals surface area contributed by atoms with Crippen molar-refractivity contribution in [2.45, 2.75) is 32.8 Å². The largest absolute Gasteiger partial charge is 0.384 e. The van der Waals surface area contributed by atoms with Crippen molar-refractivity contribution in [1.29, 1.82) is 0 Å². The van der Waals surface area contributed by atoms with Crippen molar-refractivity contribution in [2.24, 2.45) is 5.92 Å². The second-order valence-corrected chi connectivity index (χ2v) is 5.43. The van der Waals surface area contributed by atoms with E-state index in [9.17, 15) is 9.90 Å². The minimum Gasteiger partial charge on any atom is -0.384 e. The normalized spacial score (nSPS) is 13.9. The summed E-state index contributed by atoms with van der Waals surface area (Å²) >= 11 is 0. The smallest absolute Gasteiger partial charge is 0.314 e. The van der Waals surface area contributed by atoms with E-state index in [2.05, 4.69) is 24.5 Å². The second-order valence-electron chi connectivity index (χ2n) is 5.43. The minimum absolute atomic E-state index is 0.185. The number of carbonyl (C=O) groups is 1. The summed E-state index contributed by atoms with van der Waals surface area (Å²) < 4.78 is 0. The van der Waals surface area contributed by atoms with Gasteiger partial charge in [-0.1, -0.05) is 44.2 Å². The molecular weight excluding hydrogens is 240 g/mol. The molecule has 3 N–H and O–H groups in total. The van der Waals surface area contributed by atoms with Crippen LogP contribution < -0.4 is 10.6 Å². The van der Waals surface area contributed by atoms with Crippen LogP contribution in [0.25, 0.3) is 0 Å². The quantitative estimate of drug-likeness (QED) is 0.738. The number of carbonyl (C=O) groups excluding carboxylic acids is 1. The van der Waals surface area contributed by atoms with Gasteiger partial charge in [0.05, 0.1) is 6.54 Å². The molecule has 1 rings (SSSR count). The Kier molecular flexibility index (Phi) is 5.83. The molecule has 0 saturated heterocycles. The van der Waals surface area contributed by atoms with Crippen molar-refractivity contribution in [3.63, 3.8) is 0 Å². The van der Waals surface area contributed by atoms with Gasteiger partial charge in [0, 0.05) is 6.54 Å². The predicted octanol–water partition coefficient (Wildman–Crippen LogP) is 2.24. The average molecular weight is 264 g/mol. The van der Waals surface area contributed by atoms with Crippen molar-refractivity contribution in [3.05, 3.63) is 35.9 Å². The van der Waals surface area contributed by atoms with Gasteiger partial charge in [-0.15, -0.1) is 0 Å². The number of rotatable bonds is 6. The highest BCUT2D eigenvalue weighted by atomic mass is 16.3. The molecule has 0 fully saturated rings. The summed E-state index contributed by atoms with van der Waals surface area (Å²) in [5, 5.41) is 15.8. The molecule has 0 aromatic heterocycles. The van der Waals surface area contributed by atoms with Crippen LogP contribution in [0.15, 0.2) is 30.3 Å². The van der Waals surface area contributed by atoms with Crippen molar-refractivity contribution in [2.75, 3.05) is 13.1 Å². The summed E-state index contributed by atoms with van der Waals surface area (Å²) in [5.74, 6) is 0.563. The molecule has 0 aliphatic heterocycles. The van der Waals surface area contributed by atoms with Gasteiger partial charge in [-0.05, 0) is 24.8 Å². The van der Waals surface area contributed by atoms with Crippen LogP contribution in [0.1, 0.15) is 32.8 Å². The summed E-state index contributed by atoms with van der Waals surface area (Å²) in [7, 11) is 0. The van der Waals surface area contributed by atoms with Crippen LogP contribution in [0.3, 0.4) is 0 Å². The maximum absolute atomic E-state index is 11.6. The zero-order valence-corrected chi connectivity index (χ0v) is 11.9. The van der Waals surface area contributed by atoms with E-state index < -0.39 is 5.60 Å². The van der Waals surface area contributed by atoms with Crippen molar-refractivity contribution in [3.8, 4) is 0 Å². The maximum atomic E-state index is 11.6. The molecule has 1 aromatic rings. The highest BCUT2D eigenvalue weighted by Gasteiger charge is 2.23. The van der Waals surface area contributed by atoms with Crippen LogP contribution >= 0.6 is 0 Å². The van der Waals surface area contributed by atoms with Gasteiger partial charge in [-0.25, -0.2) is 4.79 Å². The summed E-state index contributed by atoms with van der Waals surface area (Å²) in [6, 6.07) is 9.08. The van der Waals surface area contributed by atoms with Crippen molar-refractivity contribution < 1.29 is 9.90 Å². The molecule has 0 aliphatic rings. The lowest BCUT2D eigenvalue weighted by Crippen LogP contribution is -2.43. The Morgan fingerprint density at radius 2 is 1.89 bits per heavy atom. The van der Waals surface area contributed by atoms with E-state index in [1.807, 2.05) is 30.3 Å². The third-order valence-corrected chi connectivity index (χ3v) is 3.00. The Morgan fingerprint density at radius 3 is 2.47 bits per heavy atom. The number of amides is 2. The Hall–Kier alpha value is -1.55. The van der Waals surface area contributed by atoms with Gasteiger partial charge in [-0.3, -0.25) is 0 Å². The molecule has 0 aliphatic carbocycles. The molecule has 1 unspecified atom stereocenters. The number of urea groups is 1.